The van der Waals surface area contributed by atoms with Crippen molar-refractivity contribution in [3.05, 3.63) is 35.9 Å². The first kappa shape index (κ1) is 14.5. The lowest BCUT2D eigenvalue weighted by Gasteiger charge is -2.28. The summed E-state index contributed by atoms with van der Waals surface area (Å²) >= 11 is 0. The topological polar surface area (TPSA) is 75.6 Å². The van der Waals surface area contributed by atoms with Crippen LogP contribution >= 0.6 is 0 Å². The van der Waals surface area contributed by atoms with Gasteiger partial charge in [0.05, 0.1) is 24.5 Å². The van der Waals surface area contributed by atoms with Crippen LogP contribution in [0, 0.1) is 0 Å². The van der Waals surface area contributed by atoms with Crippen molar-refractivity contribution in [1.29, 1.82) is 0 Å². The average Bonchev–Trinajstić information content (AvgIpc) is 2.86. The summed E-state index contributed by atoms with van der Waals surface area (Å²) < 4.78 is 5.27. The molecule has 1 aliphatic heterocycles. The van der Waals surface area contributed by atoms with Crippen LogP contribution in [0.2, 0.25) is 0 Å². The summed E-state index contributed by atoms with van der Waals surface area (Å²) in [7, 11) is 0. The van der Waals surface area contributed by atoms with Crippen molar-refractivity contribution in [2.24, 2.45) is 0 Å². The molecule has 20 heavy (non-hydrogen) atoms. The molecule has 2 atom stereocenters. The Balaban J connectivity index is 2.07. The largest absolute Gasteiger partial charge is 0.481 e. The first-order chi connectivity index (χ1) is 9.52. The van der Waals surface area contributed by atoms with Crippen molar-refractivity contribution >= 4 is 11.9 Å². The van der Waals surface area contributed by atoms with Gasteiger partial charge in [-0.1, -0.05) is 30.3 Å². The maximum Gasteiger partial charge on any atom is 0.305 e. The molecule has 1 aliphatic rings. The molecule has 1 saturated heterocycles. The number of rotatable bonds is 5. The number of hydrogen-bond acceptors (Lipinski definition) is 3. The molecule has 0 aromatic heterocycles. The predicted molar refractivity (Wildman–Crippen MR) is 73.4 cm³/mol. The highest BCUT2D eigenvalue weighted by atomic mass is 16.5. The van der Waals surface area contributed by atoms with Crippen LogP contribution in [0.5, 0.6) is 0 Å². The molecule has 108 valence electrons. The average molecular weight is 277 g/mol. The quantitative estimate of drug-likeness (QED) is 0.856. The number of hydrogen-bond donors (Lipinski definition) is 2. The van der Waals surface area contributed by atoms with Gasteiger partial charge < -0.3 is 15.2 Å². The Bertz CT molecular complexity index is 480. The van der Waals surface area contributed by atoms with Crippen molar-refractivity contribution in [3.63, 3.8) is 0 Å². The molecule has 1 aromatic rings. The molecule has 1 aromatic carbocycles. The number of ether oxygens (including phenoxy) is 1. The summed E-state index contributed by atoms with van der Waals surface area (Å²) in [6, 6.07) is 9.43. The Morgan fingerprint density at radius 3 is 2.65 bits per heavy atom. The van der Waals surface area contributed by atoms with Gasteiger partial charge in [-0.3, -0.25) is 9.59 Å². The molecular weight excluding hydrogens is 258 g/mol. The number of benzene rings is 1. The number of aliphatic carboxylic acids is 1. The molecule has 2 rings (SSSR count). The number of carbonyl (C=O) groups excluding carboxylic acids is 1. The van der Waals surface area contributed by atoms with E-state index in [9.17, 15) is 9.59 Å². The lowest BCUT2D eigenvalue weighted by Crippen LogP contribution is -2.51. The minimum absolute atomic E-state index is 0.111. The zero-order valence-electron chi connectivity index (χ0n) is 11.5. The maximum absolute atomic E-state index is 12.3. The van der Waals surface area contributed by atoms with E-state index < -0.39 is 11.5 Å². The lowest BCUT2D eigenvalue weighted by molar-refractivity contribution is -0.139. The Labute approximate surface area is 117 Å². The highest BCUT2D eigenvalue weighted by Gasteiger charge is 2.39. The fourth-order valence-electron chi connectivity index (χ4n) is 2.44. The third kappa shape index (κ3) is 3.36. The lowest BCUT2D eigenvalue weighted by atomic mass is 9.92. The third-order valence-corrected chi connectivity index (χ3v) is 3.67. The number of carboxylic acid groups (broad SMARTS) is 1. The normalized spacial score (nSPS) is 23.2. The van der Waals surface area contributed by atoms with E-state index in [4.69, 9.17) is 9.84 Å². The van der Waals surface area contributed by atoms with Crippen molar-refractivity contribution in [2.45, 2.75) is 31.2 Å². The summed E-state index contributed by atoms with van der Waals surface area (Å²) in [5.74, 6) is -1.41. The second-order valence-electron chi connectivity index (χ2n) is 5.28. The number of nitrogens with one attached hydrogen (secondary N) is 1. The fourth-order valence-corrected chi connectivity index (χ4v) is 2.44. The third-order valence-electron chi connectivity index (χ3n) is 3.67. The SMILES string of the molecule is C[C@@H](C(=O)NC1(CC(=O)O)CCOC1)c1ccccc1. The summed E-state index contributed by atoms with van der Waals surface area (Å²) in [4.78, 5) is 23.3. The van der Waals surface area contributed by atoms with Gasteiger partial charge in [0.15, 0.2) is 0 Å². The van der Waals surface area contributed by atoms with Crippen LogP contribution in [0.4, 0.5) is 0 Å². The van der Waals surface area contributed by atoms with Gasteiger partial charge in [-0.25, -0.2) is 0 Å². The van der Waals surface area contributed by atoms with Gasteiger partial charge in [-0.2, -0.15) is 0 Å². The number of carbonyl (C=O) groups is 2. The van der Waals surface area contributed by atoms with E-state index in [1.54, 1.807) is 0 Å². The molecule has 1 heterocycles. The van der Waals surface area contributed by atoms with Crippen LogP contribution in [0.15, 0.2) is 30.3 Å². The van der Waals surface area contributed by atoms with Gasteiger partial charge in [0, 0.05) is 6.61 Å². The van der Waals surface area contributed by atoms with Gasteiger partial charge in [0.1, 0.15) is 0 Å². The van der Waals surface area contributed by atoms with E-state index in [1.165, 1.54) is 0 Å². The Morgan fingerprint density at radius 1 is 1.40 bits per heavy atom. The number of carboxylic acids is 1. The van der Waals surface area contributed by atoms with E-state index in [1.807, 2.05) is 37.3 Å². The maximum atomic E-state index is 12.3. The smallest absolute Gasteiger partial charge is 0.305 e. The molecule has 0 aliphatic carbocycles. The first-order valence-corrected chi connectivity index (χ1v) is 6.69. The Kier molecular flexibility index (Phi) is 4.39. The van der Waals surface area contributed by atoms with Crippen molar-refractivity contribution in [2.75, 3.05) is 13.2 Å². The van der Waals surface area contributed by atoms with E-state index in [0.29, 0.717) is 13.0 Å². The van der Waals surface area contributed by atoms with Gasteiger partial charge in [-0.05, 0) is 18.9 Å². The monoisotopic (exact) mass is 277 g/mol. The van der Waals surface area contributed by atoms with Crippen molar-refractivity contribution in [1.82, 2.24) is 5.32 Å². The van der Waals surface area contributed by atoms with Gasteiger partial charge in [0.25, 0.3) is 0 Å². The molecule has 0 radical (unpaired) electrons. The first-order valence-electron chi connectivity index (χ1n) is 6.69. The van der Waals surface area contributed by atoms with Crippen LogP contribution < -0.4 is 5.32 Å². The molecule has 2 N–H and O–H groups in total. The minimum atomic E-state index is -0.928. The van der Waals surface area contributed by atoms with Crippen LogP contribution in [0.25, 0.3) is 0 Å². The Morgan fingerprint density at radius 2 is 2.10 bits per heavy atom. The van der Waals surface area contributed by atoms with Crippen LogP contribution in [-0.4, -0.2) is 35.7 Å². The van der Waals surface area contributed by atoms with Crippen molar-refractivity contribution in [3.8, 4) is 0 Å². The van der Waals surface area contributed by atoms with Crippen molar-refractivity contribution < 1.29 is 19.4 Å². The second-order valence-corrected chi connectivity index (χ2v) is 5.28. The number of amides is 1. The standard InChI is InChI=1S/C15H19NO4/c1-11(12-5-3-2-4-6-12)14(19)16-15(9-13(17)18)7-8-20-10-15/h2-6,11H,7-10H2,1H3,(H,16,19)(H,17,18)/t11-,15?/m1/s1. The molecule has 0 bridgehead atoms. The highest BCUT2D eigenvalue weighted by Crippen LogP contribution is 2.25. The van der Waals surface area contributed by atoms with Crippen LogP contribution in [-0.2, 0) is 14.3 Å². The second kappa shape index (κ2) is 6.05. The molecule has 5 heteroatoms. The molecule has 0 spiro atoms. The molecule has 5 nitrogen and oxygen atoms in total. The fraction of sp³-hybridized carbons (Fsp3) is 0.467. The molecule has 1 fully saturated rings. The highest BCUT2D eigenvalue weighted by molar-refractivity contribution is 5.84. The predicted octanol–water partition coefficient (Wildman–Crippen LogP) is 1.54. The summed E-state index contributed by atoms with van der Waals surface area (Å²) in [5.41, 5.74) is 0.140. The molecule has 1 unspecified atom stereocenters. The van der Waals surface area contributed by atoms with E-state index in [2.05, 4.69) is 5.32 Å². The van der Waals surface area contributed by atoms with E-state index in [0.717, 1.165) is 5.56 Å². The van der Waals surface area contributed by atoms with E-state index >= 15 is 0 Å². The summed E-state index contributed by atoms with van der Waals surface area (Å²) in [6.45, 7) is 2.55. The summed E-state index contributed by atoms with van der Waals surface area (Å²) in [5, 5.41) is 11.9. The van der Waals surface area contributed by atoms with Crippen LogP contribution in [0.1, 0.15) is 31.2 Å². The van der Waals surface area contributed by atoms with E-state index in [-0.39, 0.29) is 24.9 Å². The van der Waals surface area contributed by atoms with Gasteiger partial charge >= 0.3 is 5.97 Å². The zero-order valence-corrected chi connectivity index (χ0v) is 11.5. The minimum Gasteiger partial charge on any atom is -0.481 e. The van der Waals surface area contributed by atoms with Gasteiger partial charge in [0.2, 0.25) is 5.91 Å². The zero-order chi connectivity index (χ0) is 14.6. The summed E-state index contributed by atoms with van der Waals surface area (Å²) in [6.07, 6.45) is 0.423. The van der Waals surface area contributed by atoms with Gasteiger partial charge in [-0.15, -0.1) is 0 Å². The molecular formula is C15H19NO4. The Hall–Kier alpha value is -1.88. The molecule has 1 amide bonds. The van der Waals surface area contributed by atoms with Crippen LogP contribution in [0.3, 0.4) is 0 Å². The molecule has 0 saturated carbocycles.